The number of hydrogen-bond donors (Lipinski definition) is 3. The van der Waals surface area contributed by atoms with Crippen LogP contribution in [0.5, 0.6) is 6.01 Å². The van der Waals surface area contributed by atoms with Gasteiger partial charge in [-0.15, -0.1) is 0 Å². The van der Waals surface area contributed by atoms with Crippen molar-refractivity contribution in [2.24, 2.45) is 13.0 Å². The number of ether oxygens (including phenoxy) is 1. The number of nitrogens with one attached hydrogen (secondary N) is 3. The zero-order chi connectivity index (χ0) is 27.1. The van der Waals surface area contributed by atoms with Crippen LogP contribution in [-0.2, 0) is 7.05 Å². The minimum absolute atomic E-state index is 0.241. The van der Waals surface area contributed by atoms with E-state index in [4.69, 9.17) is 9.72 Å². The first kappa shape index (κ1) is 25.4. The SMILES string of the molecule is C[C@@H]1CN(c2ccc(C(=O)Nc3cc(F)c4nn(C)cc4c3)c3nc(OC[C@@H]4CCNC4)ncc23)C[C@H](C)N1. The van der Waals surface area contributed by atoms with Gasteiger partial charge in [0.15, 0.2) is 5.82 Å². The summed E-state index contributed by atoms with van der Waals surface area (Å²) in [6.07, 6.45) is 4.50. The number of benzene rings is 2. The van der Waals surface area contributed by atoms with E-state index in [1.54, 1.807) is 36.3 Å². The van der Waals surface area contributed by atoms with Gasteiger partial charge in [0.25, 0.3) is 5.91 Å². The number of amides is 1. The first-order valence-corrected chi connectivity index (χ1v) is 13.4. The Balaban J connectivity index is 1.36. The van der Waals surface area contributed by atoms with Crippen molar-refractivity contribution in [1.29, 1.82) is 0 Å². The van der Waals surface area contributed by atoms with Crippen LogP contribution in [-0.4, -0.2) is 70.5 Å². The molecule has 11 heteroatoms. The molecule has 204 valence electrons. The summed E-state index contributed by atoms with van der Waals surface area (Å²) in [7, 11) is 1.73. The van der Waals surface area contributed by atoms with Gasteiger partial charge in [0.05, 0.1) is 17.7 Å². The predicted octanol–water partition coefficient (Wildman–Crippen LogP) is 3.08. The highest BCUT2D eigenvalue weighted by molar-refractivity contribution is 6.14. The number of carbonyl (C=O) groups excluding carboxylic acids is 1. The van der Waals surface area contributed by atoms with Crippen molar-refractivity contribution in [3.05, 3.63) is 48.0 Å². The van der Waals surface area contributed by atoms with Gasteiger partial charge in [-0.05, 0) is 51.1 Å². The number of nitrogens with zero attached hydrogens (tertiary/aromatic N) is 5. The lowest BCUT2D eigenvalue weighted by atomic mass is 10.0. The van der Waals surface area contributed by atoms with Crippen LogP contribution >= 0.6 is 0 Å². The Bertz CT molecular complexity index is 1520. The van der Waals surface area contributed by atoms with Gasteiger partial charge in [0, 0.05) is 79.2 Å². The van der Waals surface area contributed by atoms with Crippen molar-refractivity contribution in [2.45, 2.75) is 32.4 Å². The van der Waals surface area contributed by atoms with Gasteiger partial charge in [0.1, 0.15) is 5.52 Å². The molecule has 2 fully saturated rings. The van der Waals surface area contributed by atoms with Crippen LogP contribution in [0.1, 0.15) is 30.6 Å². The molecule has 0 saturated carbocycles. The largest absolute Gasteiger partial charge is 0.463 e. The highest BCUT2D eigenvalue weighted by Gasteiger charge is 2.25. The lowest BCUT2D eigenvalue weighted by Crippen LogP contribution is -2.54. The van der Waals surface area contributed by atoms with Gasteiger partial charge >= 0.3 is 6.01 Å². The molecule has 2 aromatic carbocycles. The standard InChI is InChI=1S/C28H33FN8O2/c1-16-12-37(13-17(2)32-16)24-5-4-21(26-22(24)11-31-28(34-26)39-15-18-6-7-30-10-18)27(38)33-20-8-19-14-36(3)35-25(19)23(29)9-20/h4-5,8-9,11,14,16-18,30,32H,6-7,10,12-13,15H2,1-3H3,(H,33,38)/t16-,17+,18-/m1/s1. The number of hydrogen-bond acceptors (Lipinski definition) is 8. The lowest BCUT2D eigenvalue weighted by Gasteiger charge is -2.38. The van der Waals surface area contributed by atoms with Gasteiger partial charge in [0.2, 0.25) is 0 Å². The number of carbonyl (C=O) groups is 1. The van der Waals surface area contributed by atoms with Crippen molar-refractivity contribution < 1.29 is 13.9 Å². The van der Waals surface area contributed by atoms with Gasteiger partial charge in [-0.3, -0.25) is 9.48 Å². The number of fused-ring (bicyclic) bond motifs is 2. The molecule has 2 aliphatic heterocycles. The molecular formula is C28H33FN8O2. The fourth-order valence-electron chi connectivity index (χ4n) is 5.67. The molecule has 2 saturated heterocycles. The van der Waals surface area contributed by atoms with Gasteiger partial charge < -0.3 is 25.6 Å². The Hall–Kier alpha value is -3.83. The van der Waals surface area contributed by atoms with Gasteiger partial charge in [-0.1, -0.05) is 0 Å². The van der Waals surface area contributed by atoms with E-state index in [2.05, 4.69) is 44.8 Å². The second kappa shape index (κ2) is 10.4. The molecule has 0 spiro atoms. The van der Waals surface area contributed by atoms with Crippen molar-refractivity contribution in [2.75, 3.05) is 43.0 Å². The van der Waals surface area contributed by atoms with E-state index >= 15 is 0 Å². The van der Waals surface area contributed by atoms with Crippen molar-refractivity contribution >= 4 is 39.1 Å². The fourth-order valence-corrected chi connectivity index (χ4v) is 5.67. The number of aromatic nitrogens is 4. The monoisotopic (exact) mass is 532 g/mol. The molecule has 3 atom stereocenters. The number of piperazine rings is 1. The minimum Gasteiger partial charge on any atom is -0.463 e. The molecular weight excluding hydrogens is 499 g/mol. The zero-order valence-electron chi connectivity index (χ0n) is 22.4. The molecule has 2 aromatic heterocycles. The van der Waals surface area contributed by atoms with Crippen LogP contribution in [0.2, 0.25) is 0 Å². The van der Waals surface area contributed by atoms with Crippen LogP contribution in [0.3, 0.4) is 0 Å². The topological polar surface area (TPSA) is 109 Å². The summed E-state index contributed by atoms with van der Waals surface area (Å²) in [5.74, 6) is -0.481. The molecule has 0 bridgehead atoms. The fraction of sp³-hybridized carbons (Fsp3) is 0.429. The van der Waals surface area contributed by atoms with E-state index in [-0.39, 0.29) is 17.4 Å². The predicted molar refractivity (Wildman–Crippen MR) is 149 cm³/mol. The van der Waals surface area contributed by atoms with Crippen LogP contribution < -0.4 is 25.6 Å². The molecule has 3 N–H and O–H groups in total. The molecule has 10 nitrogen and oxygen atoms in total. The van der Waals surface area contributed by atoms with E-state index in [0.717, 1.165) is 43.7 Å². The Morgan fingerprint density at radius 3 is 2.79 bits per heavy atom. The molecule has 4 heterocycles. The van der Waals surface area contributed by atoms with Crippen LogP contribution in [0, 0.1) is 11.7 Å². The lowest BCUT2D eigenvalue weighted by molar-refractivity contribution is 0.102. The maximum atomic E-state index is 14.7. The Labute approximate surface area is 225 Å². The molecule has 0 unspecified atom stereocenters. The Morgan fingerprint density at radius 1 is 1.21 bits per heavy atom. The number of anilines is 2. The minimum atomic E-state index is -0.495. The summed E-state index contributed by atoms with van der Waals surface area (Å²) in [6.45, 7) is 8.35. The van der Waals surface area contributed by atoms with E-state index in [1.807, 2.05) is 6.07 Å². The Morgan fingerprint density at radius 2 is 2.03 bits per heavy atom. The molecule has 39 heavy (non-hydrogen) atoms. The molecule has 4 aromatic rings. The third kappa shape index (κ3) is 5.24. The highest BCUT2D eigenvalue weighted by Crippen LogP contribution is 2.31. The van der Waals surface area contributed by atoms with Gasteiger partial charge in [-0.2, -0.15) is 10.1 Å². The van der Waals surface area contributed by atoms with Crippen LogP contribution in [0.4, 0.5) is 15.8 Å². The quantitative estimate of drug-likeness (QED) is 0.348. The van der Waals surface area contributed by atoms with Crippen molar-refractivity contribution in [3.8, 4) is 6.01 Å². The third-order valence-corrected chi connectivity index (χ3v) is 7.39. The maximum Gasteiger partial charge on any atom is 0.316 e. The van der Waals surface area contributed by atoms with Crippen LogP contribution in [0.15, 0.2) is 36.7 Å². The smallest absolute Gasteiger partial charge is 0.316 e. The summed E-state index contributed by atoms with van der Waals surface area (Å²) in [4.78, 5) is 25.1. The Kier molecular flexibility index (Phi) is 6.78. The third-order valence-electron chi connectivity index (χ3n) is 7.39. The second-order valence-electron chi connectivity index (χ2n) is 10.7. The number of aryl methyl sites for hydroxylation is 1. The summed E-state index contributed by atoms with van der Waals surface area (Å²) < 4.78 is 22.2. The molecule has 0 aliphatic carbocycles. The normalized spacial score (nSPS) is 21.5. The van der Waals surface area contributed by atoms with Crippen LogP contribution in [0.25, 0.3) is 21.8 Å². The van der Waals surface area contributed by atoms with E-state index in [0.29, 0.717) is 46.8 Å². The molecule has 1 amide bonds. The first-order valence-electron chi connectivity index (χ1n) is 13.4. The summed E-state index contributed by atoms with van der Waals surface area (Å²) in [5, 5.41) is 15.3. The summed E-state index contributed by atoms with van der Waals surface area (Å²) in [5.41, 5.74) is 2.44. The van der Waals surface area contributed by atoms with Crippen molar-refractivity contribution in [1.82, 2.24) is 30.4 Å². The number of rotatable bonds is 6. The van der Waals surface area contributed by atoms with Crippen molar-refractivity contribution in [3.63, 3.8) is 0 Å². The molecule has 6 rings (SSSR count). The maximum absolute atomic E-state index is 14.7. The average molecular weight is 533 g/mol. The summed E-state index contributed by atoms with van der Waals surface area (Å²) in [6, 6.07) is 7.59. The zero-order valence-corrected chi connectivity index (χ0v) is 22.4. The number of halogens is 1. The highest BCUT2D eigenvalue weighted by atomic mass is 19.1. The first-order chi connectivity index (χ1) is 18.8. The molecule has 0 radical (unpaired) electrons. The van der Waals surface area contributed by atoms with Gasteiger partial charge in [-0.25, -0.2) is 9.37 Å². The van der Waals surface area contributed by atoms with E-state index in [9.17, 15) is 9.18 Å². The molecule has 2 aliphatic rings. The van der Waals surface area contributed by atoms with E-state index < -0.39 is 5.82 Å². The summed E-state index contributed by atoms with van der Waals surface area (Å²) >= 11 is 0. The second-order valence-corrected chi connectivity index (χ2v) is 10.7. The van der Waals surface area contributed by atoms with E-state index in [1.165, 1.54) is 6.07 Å². The average Bonchev–Trinajstić information content (AvgIpc) is 3.55.